The van der Waals surface area contributed by atoms with E-state index in [0.717, 1.165) is 33.1 Å². The molecule has 11 nitrogen and oxygen atoms in total. The number of hydrogen-bond donors (Lipinski definition) is 0. The number of alkyl halides is 3. The number of hydrogen-bond acceptors (Lipinski definition) is 8. The van der Waals surface area contributed by atoms with Gasteiger partial charge in [-0.25, -0.2) is 35.8 Å². The Balaban J connectivity index is 1.90. The second-order valence-electron chi connectivity index (χ2n) is 11.0. The molecule has 4 aromatic rings. The summed E-state index contributed by atoms with van der Waals surface area (Å²) in [7, 11) is -1.79. The van der Waals surface area contributed by atoms with Gasteiger partial charge in [-0.2, -0.15) is 18.2 Å². The van der Waals surface area contributed by atoms with Crippen molar-refractivity contribution in [2.75, 3.05) is 38.6 Å². The van der Waals surface area contributed by atoms with Crippen LogP contribution in [0.25, 0.3) is 28.0 Å². The van der Waals surface area contributed by atoms with Crippen molar-refractivity contribution in [2.24, 2.45) is 0 Å². The summed E-state index contributed by atoms with van der Waals surface area (Å²) in [4.78, 5) is 41.3. The number of anilines is 1. The van der Waals surface area contributed by atoms with Crippen molar-refractivity contribution in [1.29, 1.82) is 0 Å². The van der Waals surface area contributed by atoms with Gasteiger partial charge in [0.05, 0.1) is 27.9 Å². The molecule has 0 unspecified atom stereocenters. The van der Waals surface area contributed by atoms with Crippen LogP contribution in [0, 0.1) is 18.6 Å². The van der Waals surface area contributed by atoms with E-state index in [1.807, 2.05) is 0 Å². The predicted molar refractivity (Wildman–Crippen MR) is 162 cm³/mol. The first-order valence-electron chi connectivity index (χ1n) is 14.0. The van der Waals surface area contributed by atoms with E-state index in [2.05, 4.69) is 21.5 Å². The number of carbonyl (C=O) groups is 1. The van der Waals surface area contributed by atoms with E-state index in [0.29, 0.717) is 12.1 Å². The molecule has 1 saturated heterocycles. The van der Waals surface area contributed by atoms with Crippen molar-refractivity contribution >= 4 is 32.8 Å². The number of aryl methyl sites for hydroxylation is 1. The van der Waals surface area contributed by atoms with Gasteiger partial charge in [0.25, 0.3) is 0 Å². The summed E-state index contributed by atoms with van der Waals surface area (Å²) >= 11 is 0. The monoisotopic (exact) mass is 677 g/mol. The van der Waals surface area contributed by atoms with Crippen molar-refractivity contribution in [2.45, 2.75) is 31.0 Å². The lowest BCUT2D eigenvalue weighted by Crippen LogP contribution is -2.54. The van der Waals surface area contributed by atoms with Crippen LogP contribution in [0.1, 0.15) is 18.2 Å². The van der Waals surface area contributed by atoms with Crippen LogP contribution < -0.4 is 10.6 Å². The highest BCUT2D eigenvalue weighted by Gasteiger charge is 2.37. The number of aromatic nitrogens is 4. The number of rotatable bonds is 6. The zero-order chi connectivity index (χ0) is 34.6. The SMILES string of the molecule is C=CC(=O)N1CCN(c2nc(=O)n(-c3c(S(=O)(=O)N(C)C)ccnc3C)c3nc(-c4c(F)cccc4C(F)(F)F)c(F)cc23)[C@@H](C)C1. The van der Waals surface area contributed by atoms with Crippen LogP contribution in [0.5, 0.6) is 0 Å². The number of halogens is 5. The third-order valence-corrected chi connectivity index (χ3v) is 9.64. The fraction of sp³-hybridized carbons (Fsp3) is 0.300. The van der Waals surface area contributed by atoms with Crippen molar-refractivity contribution in [3.8, 4) is 16.9 Å². The van der Waals surface area contributed by atoms with Gasteiger partial charge in [-0.3, -0.25) is 9.78 Å². The molecular formula is C30H28F5N7O4S. The Bertz CT molecular complexity index is 2100. The van der Waals surface area contributed by atoms with Crippen LogP contribution in [-0.2, 0) is 21.0 Å². The molecule has 0 radical (unpaired) electrons. The lowest BCUT2D eigenvalue weighted by Gasteiger charge is -2.40. The van der Waals surface area contributed by atoms with Gasteiger partial charge in [0.15, 0.2) is 11.5 Å². The molecule has 0 N–H and O–H groups in total. The van der Waals surface area contributed by atoms with Gasteiger partial charge >= 0.3 is 11.9 Å². The van der Waals surface area contributed by atoms with Crippen LogP contribution in [0.15, 0.2) is 58.9 Å². The number of nitrogens with zero attached hydrogens (tertiary/aromatic N) is 7. The number of fused-ring (bicyclic) bond motifs is 1. The van der Waals surface area contributed by atoms with Gasteiger partial charge < -0.3 is 9.80 Å². The smallest absolute Gasteiger partial charge is 0.350 e. The molecule has 1 amide bonds. The average molecular weight is 678 g/mol. The molecular weight excluding hydrogens is 649 g/mol. The van der Waals surface area contributed by atoms with Crippen molar-refractivity contribution in [3.05, 3.63) is 82.6 Å². The molecule has 4 heterocycles. The minimum atomic E-state index is -5.12. The Morgan fingerprint density at radius 3 is 2.43 bits per heavy atom. The molecule has 1 aliphatic rings. The largest absolute Gasteiger partial charge is 0.417 e. The molecule has 1 aliphatic heterocycles. The molecule has 1 atom stereocenters. The van der Waals surface area contributed by atoms with Crippen LogP contribution in [0.2, 0.25) is 0 Å². The predicted octanol–water partition coefficient (Wildman–Crippen LogP) is 3.92. The highest BCUT2D eigenvalue weighted by molar-refractivity contribution is 7.89. The summed E-state index contributed by atoms with van der Waals surface area (Å²) in [5.74, 6) is -3.26. The van der Waals surface area contributed by atoms with Gasteiger partial charge in [-0.05, 0) is 44.2 Å². The first-order valence-corrected chi connectivity index (χ1v) is 15.5. The van der Waals surface area contributed by atoms with Crippen molar-refractivity contribution in [3.63, 3.8) is 0 Å². The van der Waals surface area contributed by atoms with Crippen LogP contribution >= 0.6 is 0 Å². The number of sulfonamides is 1. The lowest BCUT2D eigenvalue weighted by molar-refractivity contribution is -0.137. The number of amides is 1. The van der Waals surface area contributed by atoms with Crippen molar-refractivity contribution in [1.82, 2.24) is 28.7 Å². The zero-order valence-corrected chi connectivity index (χ0v) is 26.3. The Kier molecular flexibility index (Phi) is 8.65. The molecule has 248 valence electrons. The molecule has 3 aromatic heterocycles. The van der Waals surface area contributed by atoms with Gasteiger partial charge in [0.1, 0.15) is 22.2 Å². The minimum Gasteiger partial charge on any atom is -0.350 e. The Hall–Kier alpha value is -4.77. The van der Waals surface area contributed by atoms with E-state index in [9.17, 15) is 31.2 Å². The Morgan fingerprint density at radius 2 is 1.81 bits per heavy atom. The summed E-state index contributed by atoms with van der Waals surface area (Å²) in [6.07, 6.45) is -2.79. The minimum absolute atomic E-state index is 0.00894. The zero-order valence-electron chi connectivity index (χ0n) is 25.5. The van der Waals surface area contributed by atoms with E-state index in [4.69, 9.17) is 0 Å². The summed E-state index contributed by atoms with van der Waals surface area (Å²) < 4.78 is 102. The van der Waals surface area contributed by atoms with E-state index >= 15 is 8.78 Å². The summed E-state index contributed by atoms with van der Waals surface area (Å²) in [6, 6.07) is 3.48. The first-order chi connectivity index (χ1) is 22.0. The molecule has 17 heteroatoms. The molecule has 0 spiro atoms. The van der Waals surface area contributed by atoms with Gasteiger partial charge in [-0.15, -0.1) is 0 Å². The molecule has 47 heavy (non-hydrogen) atoms. The highest BCUT2D eigenvalue weighted by Crippen LogP contribution is 2.40. The second kappa shape index (κ2) is 12.1. The molecule has 0 bridgehead atoms. The lowest BCUT2D eigenvalue weighted by atomic mass is 10.0. The molecule has 1 aromatic carbocycles. The second-order valence-corrected chi connectivity index (χ2v) is 13.1. The van der Waals surface area contributed by atoms with E-state index in [1.54, 1.807) is 11.8 Å². The van der Waals surface area contributed by atoms with Crippen LogP contribution in [0.4, 0.5) is 27.8 Å². The number of benzene rings is 1. The van der Waals surface area contributed by atoms with Crippen LogP contribution in [-0.4, -0.2) is 82.8 Å². The summed E-state index contributed by atoms with van der Waals surface area (Å²) in [6.45, 7) is 7.00. The molecule has 1 fully saturated rings. The third-order valence-electron chi connectivity index (χ3n) is 7.80. The first kappa shape index (κ1) is 33.6. The quantitative estimate of drug-likeness (QED) is 0.223. The number of carbonyl (C=O) groups excluding carboxylic acids is 1. The van der Waals surface area contributed by atoms with E-state index < -0.39 is 66.9 Å². The third kappa shape index (κ3) is 5.84. The van der Waals surface area contributed by atoms with Gasteiger partial charge in [0.2, 0.25) is 15.9 Å². The molecule has 5 rings (SSSR count). The van der Waals surface area contributed by atoms with E-state index in [1.165, 1.54) is 32.1 Å². The molecule has 0 aliphatic carbocycles. The summed E-state index contributed by atoms with van der Waals surface area (Å²) in [5, 5.41) is -0.192. The summed E-state index contributed by atoms with van der Waals surface area (Å²) in [5.41, 5.74) is -5.76. The highest BCUT2D eigenvalue weighted by atomic mass is 32.2. The maximum absolute atomic E-state index is 16.0. The van der Waals surface area contributed by atoms with Gasteiger partial charge in [-0.1, -0.05) is 12.6 Å². The van der Waals surface area contributed by atoms with Crippen LogP contribution in [0.3, 0.4) is 0 Å². The average Bonchev–Trinajstić information content (AvgIpc) is 3.00. The normalized spacial score (nSPS) is 15.8. The topological polar surface area (TPSA) is 122 Å². The molecule has 0 saturated carbocycles. The fourth-order valence-electron chi connectivity index (χ4n) is 5.52. The standard InChI is InChI=1S/C30H28F5N7O4S/c1-6-23(43)40-12-13-41(16(2)15-40)27-18-14-21(32)25(24-19(30(33,34)35)8-7-9-20(24)31)37-28(18)42(29(44)38-27)26-17(3)36-11-10-22(26)47(45,46)39(4)5/h6-11,14,16H,1,12-13,15H2,2-5H3/t16-/m0/s1. The fourth-order valence-corrected chi connectivity index (χ4v) is 6.63. The van der Waals surface area contributed by atoms with E-state index in [-0.39, 0.29) is 48.1 Å². The van der Waals surface area contributed by atoms with Gasteiger partial charge in [0, 0.05) is 46.0 Å². The van der Waals surface area contributed by atoms with Crippen molar-refractivity contribution < 1.29 is 35.2 Å². The number of piperazine rings is 1. The Morgan fingerprint density at radius 1 is 1.11 bits per heavy atom. The Labute approximate surface area is 265 Å². The maximum Gasteiger partial charge on any atom is 0.417 e. The number of pyridine rings is 2. The maximum atomic E-state index is 16.0.